The summed E-state index contributed by atoms with van der Waals surface area (Å²) < 4.78 is 10.8. The van der Waals surface area contributed by atoms with Gasteiger partial charge in [-0.3, -0.25) is 10.3 Å². The topological polar surface area (TPSA) is 67.2 Å². The van der Waals surface area contributed by atoms with Crippen LogP contribution in [0, 0.1) is 11.3 Å². The number of nitriles is 1. The zero-order chi connectivity index (χ0) is 15.8. The first-order valence-electron chi connectivity index (χ1n) is 7.12. The highest BCUT2D eigenvalue weighted by molar-refractivity contribution is 5.44. The lowest BCUT2D eigenvalue weighted by Gasteiger charge is -2.15. The molecular weight excluding hydrogens is 278 g/mol. The van der Waals surface area contributed by atoms with Gasteiger partial charge < -0.3 is 9.47 Å². The zero-order valence-electron chi connectivity index (χ0n) is 12.7. The van der Waals surface area contributed by atoms with Gasteiger partial charge in [0.05, 0.1) is 25.5 Å². The number of pyridine rings is 1. The van der Waals surface area contributed by atoms with Crippen LogP contribution in [0.1, 0.15) is 24.2 Å². The molecule has 0 spiro atoms. The number of aromatic nitrogens is 1. The van der Waals surface area contributed by atoms with Crippen molar-refractivity contribution in [2.75, 3.05) is 13.7 Å². The van der Waals surface area contributed by atoms with Gasteiger partial charge in [0.25, 0.3) is 0 Å². The molecular formula is C17H19N3O2. The summed E-state index contributed by atoms with van der Waals surface area (Å²) >= 11 is 0. The van der Waals surface area contributed by atoms with Crippen molar-refractivity contribution in [3.63, 3.8) is 0 Å². The molecule has 0 saturated heterocycles. The number of methoxy groups -OCH3 is 1. The molecule has 0 aliphatic carbocycles. The molecule has 0 amide bonds. The number of nitrogens with zero attached hydrogens (tertiary/aromatic N) is 2. The van der Waals surface area contributed by atoms with E-state index in [9.17, 15) is 5.26 Å². The molecule has 0 fully saturated rings. The standard InChI is InChI=1S/C17H19N3O2/c1-3-22-17-10-13(7-8-16(17)21-2)15(11-18)20-12-14-6-4-5-9-19-14/h4-10,15,20H,3,12H2,1-2H3. The smallest absolute Gasteiger partial charge is 0.161 e. The zero-order valence-corrected chi connectivity index (χ0v) is 12.7. The number of nitrogens with one attached hydrogen (secondary N) is 1. The van der Waals surface area contributed by atoms with E-state index < -0.39 is 6.04 Å². The van der Waals surface area contributed by atoms with E-state index in [4.69, 9.17) is 9.47 Å². The van der Waals surface area contributed by atoms with Gasteiger partial charge in [-0.15, -0.1) is 0 Å². The van der Waals surface area contributed by atoms with Gasteiger partial charge >= 0.3 is 0 Å². The van der Waals surface area contributed by atoms with E-state index in [1.165, 1.54) is 0 Å². The average Bonchev–Trinajstić information content (AvgIpc) is 2.57. The van der Waals surface area contributed by atoms with Crippen LogP contribution in [0.4, 0.5) is 0 Å². The fourth-order valence-corrected chi connectivity index (χ4v) is 2.09. The molecule has 1 aromatic heterocycles. The summed E-state index contributed by atoms with van der Waals surface area (Å²) in [6.07, 6.45) is 1.74. The monoisotopic (exact) mass is 297 g/mol. The van der Waals surface area contributed by atoms with Gasteiger partial charge in [0.2, 0.25) is 0 Å². The van der Waals surface area contributed by atoms with E-state index in [1.807, 2.05) is 43.3 Å². The van der Waals surface area contributed by atoms with Crippen molar-refractivity contribution < 1.29 is 9.47 Å². The van der Waals surface area contributed by atoms with Gasteiger partial charge in [-0.1, -0.05) is 12.1 Å². The summed E-state index contributed by atoms with van der Waals surface area (Å²) in [7, 11) is 1.60. The molecule has 0 aliphatic heterocycles. The van der Waals surface area contributed by atoms with Crippen LogP contribution < -0.4 is 14.8 Å². The van der Waals surface area contributed by atoms with Crippen molar-refractivity contribution in [2.24, 2.45) is 0 Å². The molecule has 1 N–H and O–H groups in total. The Morgan fingerprint density at radius 1 is 1.27 bits per heavy atom. The van der Waals surface area contributed by atoms with E-state index in [-0.39, 0.29) is 0 Å². The Balaban J connectivity index is 2.13. The van der Waals surface area contributed by atoms with E-state index in [2.05, 4.69) is 16.4 Å². The van der Waals surface area contributed by atoms with Gasteiger partial charge in [-0.25, -0.2) is 0 Å². The van der Waals surface area contributed by atoms with E-state index in [1.54, 1.807) is 13.3 Å². The first kappa shape index (κ1) is 15.8. The van der Waals surface area contributed by atoms with Crippen LogP contribution in [0.3, 0.4) is 0 Å². The molecule has 5 nitrogen and oxygen atoms in total. The van der Waals surface area contributed by atoms with Crippen molar-refractivity contribution in [1.82, 2.24) is 10.3 Å². The molecule has 2 rings (SSSR count). The Hall–Kier alpha value is -2.58. The summed E-state index contributed by atoms with van der Waals surface area (Å²) in [5, 5.41) is 12.6. The second-order valence-electron chi connectivity index (χ2n) is 4.61. The molecule has 22 heavy (non-hydrogen) atoms. The Kier molecular flexibility index (Phi) is 5.75. The quantitative estimate of drug-likeness (QED) is 0.851. The predicted molar refractivity (Wildman–Crippen MR) is 83.6 cm³/mol. The molecule has 5 heteroatoms. The third-order valence-corrected chi connectivity index (χ3v) is 3.16. The van der Waals surface area contributed by atoms with E-state index in [0.29, 0.717) is 24.7 Å². The van der Waals surface area contributed by atoms with Gasteiger partial charge in [-0.2, -0.15) is 5.26 Å². The molecule has 0 saturated carbocycles. The number of ether oxygens (including phenoxy) is 2. The summed E-state index contributed by atoms with van der Waals surface area (Å²) in [6, 6.07) is 13.0. The third-order valence-electron chi connectivity index (χ3n) is 3.16. The third kappa shape index (κ3) is 3.96. The van der Waals surface area contributed by atoms with Crippen molar-refractivity contribution in [3.8, 4) is 17.6 Å². The van der Waals surface area contributed by atoms with E-state index in [0.717, 1.165) is 11.3 Å². The lowest BCUT2D eigenvalue weighted by Crippen LogP contribution is -2.20. The molecule has 0 bridgehead atoms. The summed E-state index contributed by atoms with van der Waals surface area (Å²) in [4.78, 5) is 4.24. The number of hydrogen-bond acceptors (Lipinski definition) is 5. The molecule has 1 unspecified atom stereocenters. The largest absolute Gasteiger partial charge is 0.493 e. The highest BCUT2D eigenvalue weighted by Gasteiger charge is 2.13. The lowest BCUT2D eigenvalue weighted by molar-refractivity contribution is 0.310. The van der Waals surface area contributed by atoms with Gasteiger partial charge in [0.1, 0.15) is 6.04 Å². The van der Waals surface area contributed by atoms with Crippen LogP contribution in [0.15, 0.2) is 42.6 Å². The number of hydrogen-bond donors (Lipinski definition) is 1. The van der Waals surface area contributed by atoms with Crippen LogP contribution in [-0.4, -0.2) is 18.7 Å². The van der Waals surface area contributed by atoms with Crippen LogP contribution in [-0.2, 0) is 6.54 Å². The fourth-order valence-electron chi connectivity index (χ4n) is 2.09. The molecule has 1 aromatic carbocycles. The van der Waals surface area contributed by atoms with Crippen molar-refractivity contribution >= 4 is 0 Å². The minimum atomic E-state index is -0.438. The predicted octanol–water partition coefficient (Wildman–Crippen LogP) is 2.84. The molecule has 2 aromatic rings. The summed E-state index contributed by atoms with van der Waals surface area (Å²) in [5.74, 6) is 1.30. The minimum absolute atomic E-state index is 0.438. The maximum atomic E-state index is 9.40. The number of rotatable bonds is 7. The highest BCUT2D eigenvalue weighted by Crippen LogP contribution is 2.30. The van der Waals surface area contributed by atoms with Crippen LogP contribution >= 0.6 is 0 Å². The van der Waals surface area contributed by atoms with Crippen molar-refractivity contribution in [3.05, 3.63) is 53.9 Å². The van der Waals surface area contributed by atoms with Crippen LogP contribution in [0.5, 0.6) is 11.5 Å². The normalized spacial score (nSPS) is 11.5. The van der Waals surface area contributed by atoms with Gasteiger partial charge in [0, 0.05) is 12.7 Å². The average molecular weight is 297 g/mol. The Morgan fingerprint density at radius 2 is 2.14 bits per heavy atom. The summed E-state index contributed by atoms with van der Waals surface area (Å²) in [6.45, 7) is 2.97. The molecule has 1 heterocycles. The van der Waals surface area contributed by atoms with Crippen LogP contribution in [0.25, 0.3) is 0 Å². The Morgan fingerprint density at radius 3 is 2.77 bits per heavy atom. The van der Waals surface area contributed by atoms with E-state index >= 15 is 0 Å². The molecule has 114 valence electrons. The highest BCUT2D eigenvalue weighted by atomic mass is 16.5. The molecule has 0 aliphatic rings. The SMILES string of the molecule is CCOc1cc(C(C#N)NCc2ccccn2)ccc1OC. The molecule has 1 atom stereocenters. The van der Waals surface area contributed by atoms with Gasteiger partial charge in [0.15, 0.2) is 11.5 Å². The Bertz CT molecular complexity index is 638. The van der Waals surface area contributed by atoms with Crippen LogP contribution in [0.2, 0.25) is 0 Å². The second-order valence-corrected chi connectivity index (χ2v) is 4.61. The maximum Gasteiger partial charge on any atom is 0.161 e. The maximum absolute atomic E-state index is 9.40. The fraction of sp³-hybridized carbons (Fsp3) is 0.294. The lowest BCUT2D eigenvalue weighted by atomic mass is 10.1. The summed E-state index contributed by atoms with van der Waals surface area (Å²) in [5.41, 5.74) is 1.73. The van der Waals surface area contributed by atoms with Crippen molar-refractivity contribution in [1.29, 1.82) is 5.26 Å². The minimum Gasteiger partial charge on any atom is -0.493 e. The van der Waals surface area contributed by atoms with Crippen molar-refractivity contribution in [2.45, 2.75) is 19.5 Å². The number of benzene rings is 1. The first-order chi connectivity index (χ1) is 10.8. The second kappa shape index (κ2) is 8.01. The molecule has 0 radical (unpaired) electrons. The Labute approximate surface area is 130 Å². The van der Waals surface area contributed by atoms with Gasteiger partial charge in [-0.05, 0) is 36.8 Å². The first-order valence-corrected chi connectivity index (χ1v) is 7.12.